The van der Waals surface area contributed by atoms with Crippen LogP contribution in [0.2, 0.25) is 0 Å². The van der Waals surface area contributed by atoms with Gasteiger partial charge in [0, 0.05) is 5.39 Å². The van der Waals surface area contributed by atoms with Crippen molar-refractivity contribution in [2.45, 2.75) is 0 Å². The Balaban J connectivity index is 2.72. The van der Waals surface area contributed by atoms with Crippen LogP contribution in [0.1, 0.15) is 0 Å². The van der Waals surface area contributed by atoms with Gasteiger partial charge >= 0.3 is 11.7 Å². The molecule has 0 aliphatic carbocycles. The van der Waals surface area contributed by atoms with Gasteiger partial charge in [0.1, 0.15) is 18.4 Å². The first kappa shape index (κ1) is 14.3. The van der Waals surface area contributed by atoms with Gasteiger partial charge in [0.25, 0.3) is 0 Å². The highest BCUT2D eigenvalue weighted by molar-refractivity contribution is 5.97. The molecule has 0 saturated heterocycles. The number of fused-ring (bicyclic) bond motifs is 1. The maximum Gasteiger partial charge on any atom is 0.323 e. The summed E-state index contributed by atoms with van der Waals surface area (Å²) in [7, 11) is 0. The molecule has 0 radical (unpaired) electrons. The van der Waals surface area contributed by atoms with Crippen LogP contribution >= 0.6 is 0 Å². The molecule has 7 heteroatoms. The van der Waals surface area contributed by atoms with Crippen LogP contribution in [0.15, 0.2) is 30.5 Å². The minimum atomic E-state index is -1.12. The Morgan fingerprint density at radius 3 is 2.81 bits per heavy atom. The SMILES string of the molecule is C#CCN(CC(=O)O)c1c([N+](=O)[O-])cnc2ccccc12. The van der Waals surface area contributed by atoms with E-state index in [0.29, 0.717) is 10.9 Å². The second-order valence-electron chi connectivity index (χ2n) is 4.22. The first-order chi connectivity index (χ1) is 10.0. The van der Waals surface area contributed by atoms with Crippen molar-refractivity contribution in [2.24, 2.45) is 0 Å². The van der Waals surface area contributed by atoms with Gasteiger partial charge in [-0.3, -0.25) is 14.9 Å². The summed E-state index contributed by atoms with van der Waals surface area (Å²) >= 11 is 0. The summed E-state index contributed by atoms with van der Waals surface area (Å²) in [5, 5.41) is 20.7. The molecule has 21 heavy (non-hydrogen) atoms. The summed E-state index contributed by atoms with van der Waals surface area (Å²) in [6.07, 6.45) is 6.36. The molecule has 7 nitrogen and oxygen atoms in total. The molecule has 0 atom stereocenters. The zero-order valence-corrected chi connectivity index (χ0v) is 10.9. The molecule has 2 aromatic rings. The minimum absolute atomic E-state index is 0.0544. The van der Waals surface area contributed by atoms with E-state index in [9.17, 15) is 14.9 Å². The number of hydrogen-bond donors (Lipinski definition) is 1. The lowest BCUT2D eigenvalue weighted by molar-refractivity contribution is -0.384. The zero-order chi connectivity index (χ0) is 15.4. The number of anilines is 1. The highest BCUT2D eigenvalue weighted by Crippen LogP contribution is 2.34. The van der Waals surface area contributed by atoms with Crippen LogP contribution in [0, 0.1) is 22.5 Å². The van der Waals surface area contributed by atoms with Crippen LogP contribution in [-0.2, 0) is 4.79 Å². The monoisotopic (exact) mass is 285 g/mol. The molecule has 106 valence electrons. The Kier molecular flexibility index (Phi) is 4.00. The second-order valence-corrected chi connectivity index (χ2v) is 4.22. The average Bonchev–Trinajstić information content (AvgIpc) is 2.45. The molecule has 0 aliphatic heterocycles. The number of benzene rings is 1. The lowest BCUT2D eigenvalue weighted by Gasteiger charge is -2.21. The predicted molar refractivity (Wildman–Crippen MR) is 77.1 cm³/mol. The van der Waals surface area contributed by atoms with Crippen LogP contribution < -0.4 is 4.90 Å². The Morgan fingerprint density at radius 2 is 2.19 bits per heavy atom. The number of terminal acetylenes is 1. The van der Waals surface area contributed by atoms with Crippen LogP contribution in [0.4, 0.5) is 11.4 Å². The van der Waals surface area contributed by atoms with Gasteiger partial charge in [0.15, 0.2) is 0 Å². The molecule has 0 fully saturated rings. The van der Waals surface area contributed by atoms with E-state index in [0.717, 1.165) is 6.20 Å². The number of aliphatic carboxylic acids is 1. The highest BCUT2D eigenvalue weighted by atomic mass is 16.6. The topological polar surface area (TPSA) is 96.6 Å². The molecule has 0 saturated carbocycles. The maximum absolute atomic E-state index is 11.2. The van der Waals surface area contributed by atoms with Gasteiger partial charge in [-0.25, -0.2) is 4.98 Å². The number of rotatable bonds is 5. The summed E-state index contributed by atoms with van der Waals surface area (Å²) in [5.74, 6) is 1.20. The predicted octanol–water partition coefficient (Wildman–Crippen LogP) is 1.67. The Morgan fingerprint density at radius 1 is 1.48 bits per heavy atom. The Hall–Kier alpha value is -3.14. The third-order valence-corrected chi connectivity index (χ3v) is 2.85. The van der Waals surface area contributed by atoms with Crippen molar-refractivity contribution in [2.75, 3.05) is 18.0 Å². The molecule has 0 aliphatic rings. The first-order valence-corrected chi connectivity index (χ1v) is 5.97. The van der Waals surface area contributed by atoms with Gasteiger partial charge in [-0.05, 0) is 6.07 Å². The van der Waals surface area contributed by atoms with Crippen molar-refractivity contribution in [3.63, 3.8) is 0 Å². The smallest absolute Gasteiger partial charge is 0.323 e. The number of para-hydroxylation sites is 1. The normalized spacial score (nSPS) is 10.0. The fourth-order valence-electron chi connectivity index (χ4n) is 2.07. The van der Waals surface area contributed by atoms with Crippen molar-refractivity contribution < 1.29 is 14.8 Å². The molecule has 1 aromatic carbocycles. The number of hydrogen-bond acceptors (Lipinski definition) is 5. The van der Waals surface area contributed by atoms with Crippen LogP contribution in [0.5, 0.6) is 0 Å². The van der Waals surface area contributed by atoms with E-state index in [1.54, 1.807) is 24.3 Å². The van der Waals surface area contributed by atoms with Crippen molar-refractivity contribution in [3.05, 3.63) is 40.6 Å². The second kappa shape index (κ2) is 5.88. The molecule has 2 rings (SSSR count). The minimum Gasteiger partial charge on any atom is -0.480 e. The number of carboxylic acid groups (broad SMARTS) is 1. The highest BCUT2D eigenvalue weighted by Gasteiger charge is 2.24. The molecule has 1 N–H and O–H groups in total. The lowest BCUT2D eigenvalue weighted by atomic mass is 10.1. The van der Waals surface area contributed by atoms with Crippen molar-refractivity contribution in [1.29, 1.82) is 0 Å². The van der Waals surface area contributed by atoms with Gasteiger partial charge in [0.05, 0.1) is 17.0 Å². The summed E-state index contributed by atoms with van der Waals surface area (Å²) in [5.41, 5.74) is 0.432. The molecule has 0 spiro atoms. The van der Waals surface area contributed by atoms with E-state index in [1.807, 2.05) is 0 Å². The van der Waals surface area contributed by atoms with E-state index in [-0.39, 0.29) is 17.9 Å². The largest absolute Gasteiger partial charge is 0.480 e. The summed E-state index contributed by atoms with van der Waals surface area (Å²) in [6.45, 7) is -0.486. The molecule has 0 unspecified atom stereocenters. The number of aromatic nitrogens is 1. The first-order valence-electron chi connectivity index (χ1n) is 5.97. The lowest BCUT2D eigenvalue weighted by Crippen LogP contribution is -2.30. The molecular weight excluding hydrogens is 274 g/mol. The molecule has 0 amide bonds. The van der Waals surface area contributed by atoms with Gasteiger partial charge in [-0.15, -0.1) is 6.42 Å². The van der Waals surface area contributed by atoms with Gasteiger partial charge in [-0.2, -0.15) is 0 Å². The number of nitro groups is 1. The number of carbonyl (C=O) groups is 1. The Bertz CT molecular complexity index is 751. The number of carboxylic acids is 1. The molecule has 1 heterocycles. The van der Waals surface area contributed by atoms with Crippen molar-refractivity contribution in [3.8, 4) is 12.3 Å². The van der Waals surface area contributed by atoms with Crippen LogP contribution in [0.25, 0.3) is 10.9 Å². The standard InChI is InChI=1S/C14H11N3O4/c1-2-7-16(9-13(18)19)14-10-5-3-4-6-11(10)15-8-12(14)17(20)21/h1,3-6,8H,7,9H2,(H,18,19). The zero-order valence-electron chi connectivity index (χ0n) is 10.9. The molecular formula is C14H11N3O4. The van der Waals surface area contributed by atoms with Gasteiger partial charge in [-0.1, -0.05) is 24.1 Å². The average molecular weight is 285 g/mol. The molecule has 0 bridgehead atoms. The number of pyridine rings is 1. The summed E-state index contributed by atoms with van der Waals surface area (Å²) < 4.78 is 0. The van der Waals surface area contributed by atoms with E-state index < -0.39 is 17.4 Å². The fourth-order valence-corrected chi connectivity index (χ4v) is 2.07. The fraction of sp³-hybridized carbons (Fsp3) is 0.143. The van der Waals surface area contributed by atoms with E-state index >= 15 is 0 Å². The Labute approximate surface area is 120 Å². The third-order valence-electron chi connectivity index (χ3n) is 2.85. The van der Waals surface area contributed by atoms with Crippen LogP contribution in [0.3, 0.4) is 0 Å². The van der Waals surface area contributed by atoms with Crippen LogP contribution in [-0.4, -0.2) is 34.1 Å². The van der Waals surface area contributed by atoms with E-state index in [2.05, 4.69) is 10.9 Å². The quantitative estimate of drug-likeness (QED) is 0.510. The summed E-state index contributed by atoms with van der Waals surface area (Å²) in [4.78, 5) is 26.9. The van der Waals surface area contributed by atoms with Crippen molar-refractivity contribution in [1.82, 2.24) is 4.98 Å². The van der Waals surface area contributed by atoms with Crippen molar-refractivity contribution >= 4 is 28.2 Å². The van der Waals surface area contributed by atoms with E-state index in [4.69, 9.17) is 11.5 Å². The number of nitrogens with zero attached hydrogens (tertiary/aromatic N) is 3. The maximum atomic E-state index is 11.2. The van der Waals surface area contributed by atoms with Gasteiger partial charge in [0.2, 0.25) is 0 Å². The van der Waals surface area contributed by atoms with E-state index in [1.165, 1.54) is 4.90 Å². The van der Waals surface area contributed by atoms with Gasteiger partial charge < -0.3 is 10.0 Å². The third kappa shape index (κ3) is 2.90. The summed E-state index contributed by atoms with van der Waals surface area (Å²) in [6, 6.07) is 6.78. The molecule has 1 aromatic heterocycles.